The molecule has 23 heavy (non-hydrogen) atoms. The number of nitrogens with zero attached hydrogens (tertiary/aromatic N) is 1. The number of ether oxygens (including phenoxy) is 1. The van der Waals surface area contributed by atoms with Crippen molar-refractivity contribution < 1.29 is 14.0 Å². The maximum absolute atomic E-state index is 11.8. The van der Waals surface area contributed by atoms with Gasteiger partial charge in [0.2, 0.25) is 0 Å². The Balaban J connectivity index is 2.45. The Hall–Kier alpha value is -1.61. The molecule has 0 aliphatic heterocycles. The average molecular weight is 318 g/mol. The second kappa shape index (κ2) is 11.0. The molecule has 0 aliphatic rings. The van der Waals surface area contributed by atoms with Gasteiger partial charge in [0.25, 0.3) is 0 Å². The molecule has 0 N–H and O–H groups in total. The van der Waals surface area contributed by atoms with Crippen molar-refractivity contribution in [3.05, 3.63) is 42.0 Å². The number of hydrogen-bond acceptors (Lipinski definition) is 2. The Morgan fingerprint density at radius 3 is 2.39 bits per heavy atom. The number of carbonyl (C=O) groups is 1. The van der Waals surface area contributed by atoms with E-state index in [4.69, 9.17) is 4.74 Å². The van der Waals surface area contributed by atoms with Crippen molar-refractivity contribution in [2.24, 2.45) is 0 Å². The first-order chi connectivity index (χ1) is 11.2. The van der Waals surface area contributed by atoms with Crippen LogP contribution in [-0.4, -0.2) is 43.2 Å². The standard InChI is InChI=1S/C20H32NO2/c1-4-7-16-21(6-3,15-5-2)17-18-23-20(22)14-13-19-11-9-8-10-12-19/h8-14H,4-7,15-18H2,1-3H3/q+1. The van der Waals surface area contributed by atoms with Gasteiger partial charge >= 0.3 is 5.97 Å². The highest BCUT2D eigenvalue weighted by Gasteiger charge is 2.23. The van der Waals surface area contributed by atoms with Crippen molar-refractivity contribution in [3.63, 3.8) is 0 Å². The van der Waals surface area contributed by atoms with Gasteiger partial charge in [0.05, 0.1) is 19.6 Å². The highest BCUT2D eigenvalue weighted by molar-refractivity contribution is 5.86. The maximum atomic E-state index is 11.8. The van der Waals surface area contributed by atoms with Crippen LogP contribution in [0.4, 0.5) is 0 Å². The Morgan fingerprint density at radius 1 is 1.04 bits per heavy atom. The predicted octanol–water partition coefficient (Wildman–Crippen LogP) is 4.29. The summed E-state index contributed by atoms with van der Waals surface area (Å²) in [4.78, 5) is 11.8. The van der Waals surface area contributed by atoms with E-state index in [1.165, 1.54) is 31.9 Å². The van der Waals surface area contributed by atoms with Gasteiger partial charge < -0.3 is 9.22 Å². The molecule has 0 radical (unpaired) electrons. The first kappa shape index (κ1) is 19.4. The van der Waals surface area contributed by atoms with Gasteiger partial charge in [-0.25, -0.2) is 4.79 Å². The second-order valence-corrected chi connectivity index (χ2v) is 6.09. The number of esters is 1. The van der Waals surface area contributed by atoms with E-state index < -0.39 is 0 Å². The molecule has 0 heterocycles. The molecule has 0 saturated carbocycles. The molecule has 1 rings (SSSR count). The van der Waals surface area contributed by atoms with Crippen LogP contribution in [0.3, 0.4) is 0 Å². The van der Waals surface area contributed by atoms with Crippen molar-refractivity contribution in [1.82, 2.24) is 0 Å². The topological polar surface area (TPSA) is 26.3 Å². The first-order valence-corrected chi connectivity index (χ1v) is 8.90. The van der Waals surface area contributed by atoms with E-state index in [9.17, 15) is 4.79 Å². The number of rotatable bonds is 11. The molecule has 128 valence electrons. The van der Waals surface area contributed by atoms with Gasteiger partial charge in [-0.1, -0.05) is 50.6 Å². The smallest absolute Gasteiger partial charge is 0.330 e. The van der Waals surface area contributed by atoms with Crippen LogP contribution < -0.4 is 0 Å². The van der Waals surface area contributed by atoms with E-state index in [1.54, 1.807) is 6.08 Å². The molecule has 1 aromatic carbocycles. The summed E-state index contributed by atoms with van der Waals surface area (Å²) in [6, 6.07) is 9.80. The Kier molecular flexibility index (Phi) is 9.30. The molecule has 0 amide bonds. The lowest BCUT2D eigenvalue weighted by atomic mass is 10.2. The van der Waals surface area contributed by atoms with Crippen LogP contribution in [0.2, 0.25) is 0 Å². The van der Waals surface area contributed by atoms with Crippen molar-refractivity contribution in [3.8, 4) is 0 Å². The van der Waals surface area contributed by atoms with Crippen LogP contribution in [0.5, 0.6) is 0 Å². The normalized spacial score (nSPS) is 13.9. The monoisotopic (exact) mass is 318 g/mol. The summed E-state index contributed by atoms with van der Waals surface area (Å²) < 4.78 is 6.46. The Morgan fingerprint density at radius 2 is 1.78 bits per heavy atom. The lowest BCUT2D eigenvalue weighted by Crippen LogP contribution is -2.51. The van der Waals surface area contributed by atoms with Crippen molar-refractivity contribution >= 4 is 12.0 Å². The highest BCUT2D eigenvalue weighted by atomic mass is 16.5. The average Bonchev–Trinajstić information content (AvgIpc) is 2.59. The van der Waals surface area contributed by atoms with Gasteiger partial charge in [-0.05, 0) is 31.4 Å². The van der Waals surface area contributed by atoms with Gasteiger partial charge in [-0.2, -0.15) is 0 Å². The predicted molar refractivity (Wildman–Crippen MR) is 97.0 cm³/mol. The van der Waals surface area contributed by atoms with Crippen molar-refractivity contribution in [2.45, 2.75) is 40.0 Å². The van der Waals surface area contributed by atoms with Crippen LogP contribution in [0.1, 0.15) is 45.6 Å². The molecule has 3 nitrogen and oxygen atoms in total. The van der Waals surface area contributed by atoms with Gasteiger partial charge in [-0.3, -0.25) is 0 Å². The summed E-state index contributed by atoms with van der Waals surface area (Å²) in [6.07, 6.45) is 6.92. The zero-order valence-electron chi connectivity index (χ0n) is 15.0. The van der Waals surface area contributed by atoms with Crippen molar-refractivity contribution in [1.29, 1.82) is 0 Å². The minimum atomic E-state index is -0.255. The molecule has 0 aliphatic carbocycles. The van der Waals surface area contributed by atoms with Crippen LogP contribution in [0.25, 0.3) is 6.08 Å². The fourth-order valence-corrected chi connectivity index (χ4v) is 2.89. The largest absolute Gasteiger partial charge is 0.457 e. The highest BCUT2D eigenvalue weighted by Crippen LogP contribution is 2.11. The molecular weight excluding hydrogens is 286 g/mol. The van der Waals surface area contributed by atoms with Crippen LogP contribution in [0.15, 0.2) is 36.4 Å². The summed E-state index contributed by atoms with van der Waals surface area (Å²) in [7, 11) is 0. The molecule has 1 aromatic rings. The SMILES string of the molecule is CCCC[N+](CC)(CCC)CCOC(=O)C=Cc1ccccc1. The third kappa shape index (κ3) is 7.47. The lowest BCUT2D eigenvalue weighted by Gasteiger charge is -2.37. The minimum absolute atomic E-state index is 0.255. The molecule has 0 bridgehead atoms. The summed E-state index contributed by atoms with van der Waals surface area (Å²) in [5.41, 5.74) is 1.01. The molecule has 1 unspecified atom stereocenters. The Bertz CT molecular complexity index is 470. The quantitative estimate of drug-likeness (QED) is 0.346. The fraction of sp³-hybridized carbons (Fsp3) is 0.550. The number of unbranched alkanes of at least 4 members (excludes halogenated alkanes) is 1. The second-order valence-electron chi connectivity index (χ2n) is 6.09. The lowest BCUT2D eigenvalue weighted by molar-refractivity contribution is -0.926. The van der Waals surface area contributed by atoms with E-state index in [0.29, 0.717) is 6.61 Å². The number of carbonyl (C=O) groups excluding carboxylic acids is 1. The van der Waals surface area contributed by atoms with E-state index in [2.05, 4.69) is 20.8 Å². The third-order valence-corrected chi connectivity index (χ3v) is 4.38. The molecule has 3 heteroatoms. The van der Waals surface area contributed by atoms with Gasteiger partial charge in [0, 0.05) is 6.08 Å². The van der Waals surface area contributed by atoms with Crippen LogP contribution in [-0.2, 0) is 9.53 Å². The minimum Gasteiger partial charge on any atom is -0.457 e. The van der Waals surface area contributed by atoms with E-state index in [1.807, 2.05) is 30.3 Å². The first-order valence-electron chi connectivity index (χ1n) is 8.90. The summed E-state index contributed by atoms with van der Waals surface area (Å²) >= 11 is 0. The number of quaternary nitrogens is 1. The number of likely N-dealkylation sites (N-methyl/N-ethyl adjacent to an activating group) is 1. The van der Waals surface area contributed by atoms with Crippen LogP contribution in [0, 0.1) is 0 Å². The van der Waals surface area contributed by atoms with Gasteiger partial charge in [-0.15, -0.1) is 0 Å². The van der Waals surface area contributed by atoms with Crippen molar-refractivity contribution in [2.75, 3.05) is 32.8 Å². The summed E-state index contributed by atoms with van der Waals surface area (Å²) in [6.45, 7) is 11.5. The van der Waals surface area contributed by atoms with E-state index >= 15 is 0 Å². The molecule has 0 saturated heterocycles. The van der Waals surface area contributed by atoms with Crippen LogP contribution >= 0.6 is 0 Å². The van der Waals surface area contributed by atoms with E-state index in [-0.39, 0.29) is 5.97 Å². The Labute approximate surface area is 141 Å². The molecule has 0 aromatic heterocycles. The molecular formula is C20H32NO2+. The summed E-state index contributed by atoms with van der Waals surface area (Å²) in [5, 5.41) is 0. The third-order valence-electron chi connectivity index (χ3n) is 4.38. The summed E-state index contributed by atoms with van der Waals surface area (Å²) in [5.74, 6) is -0.255. The van der Waals surface area contributed by atoms with Gasteiger partial charge in [0.1, 0.15) is 13.2 Å². The molecule has 1 atom stereocenters. The molecule has 0 fully saturated rings. The van der Waals surface area contributed by atoms with E-state index in [0.717, 1.165) is 29.7 Å². The maximum Gasteiger partial charge on any atom is 0.330 e. The van der Waals surface area contributed by atoms with Gasteiger partial charge in [0.15, 0.2) is 0 Å². The number of hydrogen-bond donors (Lipinski definition) is 0. The molecule has 0 spiro atoms. The fourth-order valence-electron chi connectivity index (χ4n) is 2.89. The number of benzene rings is 1. The zero-order valence-corrected chi connectivity index (χ0v) is 15.0. The zero-order chi connectivity index (χ0) is 17.0.